The van der Waals surface area contributed by atoms with Crippen LogP contribution in [0.1, 0.15) is 40.5 Å². The number of hydrogen-bond acceptors (Lipinski definition) is 0. The maximum Gasteiger partial charge on any atom is -0.0259 e. The van der Waals surface area contributed by atoms with Gasteiger partial charge in [0.25, 0.3) is 0 Å². The van der Waals surface area contributed by atoms with Gasteiger partial charge in [-0.15, -0.1) is 0 Å². The van der Waals surface area contributed by atoms with Gasteiger partial charge in [-0.2, -0.15) is 0 Å². The smallest absolute Gasteiger partial charge is 0.0259 e. The molecule has 0 saturated heterocycles. The van der Waals surface area contributed by atoms with E-state index in [9.17, 15) is 0 Å². The van der Waals surface area contributed by atoms with Crippen LogP contribution in [0.4, 0.5) is 0 Å². The van der Waals surface area contributed by atoms with Crippen LogP contribution in [0.25, 0.3) is 0 Å². The molecule has 0 aliphatic carbocycles. The molecule has 11 heavy (non-hydrogen) atoms. The van der Waals surface area contributed by atoms with Crippen LogP contribution in [-0.2, 0) is 0 Å². The lowest BCUT2D eigenvalue weighted by Gasteiger charge is -2.04. The van der Waals surface area contributed by atoms with E-state index in [4.69, 9.17) is 0 Å². The Hall–Kier alpha value is -0.520. The molecule has 0 heteroatoms. The van der Waals surface area contributed by atoms with Crippen molar-refractivity contribution in [2.45, 2.75) is 40.5 Å². The monoisotopic (exact) mass is 152 g/mol. The molecule has 0 nitrogen and oxygen atoms in total. The van der Waals surface area contributed by atoms with Gasteiger partial charge < -0.3 is 0 Å². The van der Waals surface area contributed by atoms with Crippen LogP contribution >= 0.6 is 0 Å². The third-order valence-electron chi connectivity index (χ3n) is 1.58. The van der Waals surface area contributed by atoms with Crippen molar-refractivity contribution in [3.8, 4) is 0 Å². The Bertz CT molecular complexity index is 138. The second-order valence-corrected chi connectivity index (χ2v) is 3.27. The first kappa shape index (κ1) is 10.5. The minimum absolute atomic E-state index is 0.766. The Balaban J connectivity index is 3.88. The summed E-state index contributed by atoms with van der Waals surface area (Å²) >= 11 is 0. The van der Waals surface area contributed by atoms with Crippen LogP contribution in [0.3, 0.4) is 0 Å². The lowest BCUT2D eigenvalue weighted by molar-refractivity contribution is 0.649. The largest absolute Gasteiger partial charge is 0.0845 e. The number of hydrogen-bond donors (Lipinski definition) is 0. The van der Waals surface area contributed by atoms with Crippen molar-refractivity contribution in [2.75, 3.05) is 0 Å². The summed E-state index contributed by atoms with van der Waals surface area (Å²) in [6.07, 6.45) is 8.99. The third-order valence-corrected chi connectivity index (χ3v) is 1.58. The summed E-state index contributed by atoms with van der Waals surface area (Å²) in [5, 5.41) is 0. The molecule has 0 fully saturated rings. The molecule has 64 valence electrons. The summed E-state index contributed by atoms with van der Waals surface area (Å²) in [6, 6.07) is 0. The van der Waals surface area contributed by atoms with E-state index in [1.165, 1.54) is 12.0 Å². The Morgan fingerprint density at radius 3 is 2.36 bits per heavy atom. The Labute approximate surface area is 71.0 Å². The van der Waals surface area contributed by atoms with E-state index in [-0.39, 0.29) is 0 Å². The molecule has 0 heterocycles. The van der Waals surface area contributed by atoms with Crippen LogP contribution in [0.15, 0.2) is 23.8 Å². The van der Waals surface area contributed by atoms with Gasteiger partial charge in [-0.3, -0.25) is 0 Å². The average Bonchev–Trinajstić information content (AvgIpc) is 1.97. The molecule has 0 aromatic heterocycles. The molecule has 0 N–H and O–H groups in total. The summed E-state index contributed by atoms with van der Waals surface area (Å²) < 4.78 is 0. The zero-order chi connectivity index (χ0) is 8.69. The summed E-state index contributed by atoms with van der Waals surface area (Å²) in [7, 11) is 0. The molecule has 0 radical (unpaired) electrons. The first-order valence-electron chi connectivity index (χ1n) is 4.52. The van der Waals surface area contributed by atoms with Crippen LogP contribution in [0.5, 0.6) is 0 Å². The fraction of sp³-hybridized carbons (Fsp3) is 0.636. The van der Waals surface area contributed by atoms with Gasteiger partial charge in [0.1, 0.15) is 0 Å². The van der Waals surface area contributed by atoms with Crippen molar-refractivity contribution < 1.29 is 0 Å². The molecule has 0 saturated carbocycles. The van der Waals surface area contributed by atoms with Crippen LogP contribution < -0.4 is 0 Å². The average molecular weight is 152 g/mol. The normalized spacial score (nSPS) is 13.4. The standard InChI is InChI=1S/C11H20/c1-5-7-8-11(6-2)9-10(3)4/h6-8,10H,5,9H2,1-4H3/b8-7-,11-6+. The van der Waals surface area contributed by atoms with Crippen LogP contribution in [0.2, 0.25) is 0 Å². The van der Waals surface area contributed by atoms with Gasteiger partial charge in [-0.1, -0.05) is 44.6 Å². The second kappa shape index (κ2) is 6.21. The van der Waals surface area contributed by atoms with Gasteiger partial charge in [0, 0.05) is 0 Å². The molecule has 0 unspecified atom stereocenters. The molecule has 0 aromatic rings. The quantitative estimate of drug-likeness (QED) is 0.535. The Morgan fingerprint density at radius 1 is 1.36 bits per heavy atom. The lowest BCUT2D eigenvalue weighted by Crippen LogP contribution is -1.88. The van der Waals surface area contributed by atoms with Crippen LogP contribution in [0, 0.1) is 5.92 Å². The van der Waals surface area contributed by atoms with E-state index < -0.39 is 0 Å². The first-order valence-corrected chi connectivity index (χ1v) is 4.52. The minimum atomic E-state index is 0.766. The molecule has 0 spiro atoms. The predicted molar refractivity (Wildman–Crippen MR) is 52.6 cm³/mol. The van der Waals surface area contributed by atoms with Crippen molar-refractivity contribution in [3.05, 3.63) is 23.8 Å². The molecule has 0 bridgehead atoms. The summed E-state index contributed by atoms with van der Waals surface area (Å²) in [6.45, 7) is 8.78. The second-order valence-electron chi connectivity index (χ2n) is 3.27. The maximum atomic E-state index is 2.25. The van der Waals surface area contributed by atoms with E-state index in [0.717, 1.165) is 12.3 Å². The molecular formula is C11H20. The van der Waals surface area contributed by atoms with E-state index in [0.29, 0.717) is 0 Å². The van der Waals surface area contributed by atoms with Gasteiger partial charge in [0.05, 0.1) is 0 Å². The maximum absolute atomic E-state index is 2.25. The summed E-state index contributed by atoms with van der Waals surface area (Å²) in [5.41, 5.74) is 1.46. The Morgan fingerprint density at radius 2 is 2.00 bits per heavy atom. The molecular weight excluding hydrogens is 132 g/mol. The van der Waals surface area contributed by atoms with Crippen molar-refractivity contribution in [1.29, 1.82) is 0 Å². The molecule has 0 aliphatic heterocycles. The summed E-state index contributed by atoms with van der Waals surface area (Å²) in [4.78, 5) is 0. The van der Waals surface area contributed by atoms with E-state index >= 15 is 0 Å². The molecule has 0 aromatic carbocycles. The Kier molecular flexibility index (Phi) is 5.91. The van der Waals surface area contributed by atoms with Gasteiger partial charge in [0.2, 0.25) is 0 Å². The highest BCUT2D eigenvalue weighted by atomic mass is 14.0. The van der Waals surface area contributed by atoms with Crippen molar-refractivity contribution in [3.63, 3.8) is 0 Å². The van der Waals surface area contributed by atoms with Crippen molar-refractivity contribution in [2.24, 2.45) is 5.92 Å². The molecule has 0 amide bonds. The van der Waals surface area contributed by atoms with Gasteiger partial charge in [-0.05, 0) is 25.7 Å². The lowest BCUT2D eigenvalue weighted by atomic mass is 10.0. The zero-order valence-electron chi connectivity index (χ0n) is 8.22. The van der Waals surface area contributed by atoms with E-state index in [2.05, 4.69) is 45.9 Å². The fourth-order valence-electron chi connectivity index (χ4n) is 1.02. The highest BCUT2D eigenvalue weighted by Gasteiger charge is 1.95. The fourth-order valence-corrected chi connectivity index (χ4v) is 1.02. The zero-order valence-corrected chi connectivity index (χ0v) is 8.22. The van der Waals surface area contributed by atoms with E-state index in [1.807, 2.05) is 0 Å². The van der Waals surface area contributed by atoms with Crippen molar-refractivity contribution >= 4 is 0 Å². The van der Waals surface area contributed by atoms with Gasteiger partial charge in [-0.25, -0.2) is 0 Å². The molecule has 0 atom stereocenters. The van der Waals surface area contributed by atoms with E-state index in [1.54, 1.807) is 0 Å². The topological polar surface area (TPSA) is 0 Å². The number of allylic oxidation sites excluding steroid dienone is 4. The van der Waals surface area contributed by atoms with Crippen molar-refractivity contribution in [1.82, 2.24) is 0 Å². The van der Waals surface area contributed by atoms with Gasteiger partial charge in [0.15, 0.2) is 0 Å². The molecule has 0 aliphatic rings. The highest BCUT2D eigenvalue weighted by Crippen LogP contribution is 2.11. The highest BCUT2D eigenvalue weighted by molar-refractivity contribution is 5.17. The number of rotatable bonds is 4. The van der Waals surface area contributed by atoms with Crippen LogP contribution in [-0.4, -0.2) is 0 Å². The summed E-state index contributed by atoms with van der Waals surface area (Å²) in [5.74, 6) is 0.766. The minimum Gasteiger partial charge on any atom is -0.0845 e. The predicted octanol–water partition coefficient (Wildman–Crippen LogP) is 3.95. The first-order chi connectivity index (χ1) is 5.20. The SMILES string of the molecule is C/C=C(\C=C/CC)CC(C)C. The molecule has 0 rings (SSSR count). The van der Waals surface area contributed by atoms with Gasteiger partial charge >= 0.3 is 0 Å². The third kappa shape index (κ3) is 5.90.